The minimum Gasteiger partial charge on any atom is -0.299 e. The molecular weight excluding hydrogens is 316 g/mol. The van der Waals surface area contributed by atoms with Crippen LogP contribution >= 0.6 is 11.8 Å². The van der Waals surface area contributed by atoms with Crippen molar-refractivity contribution in [3.8, 4) is 0 Å². The molecule has 0 bridgehead atoms. The SMILES string of the molecule is CSc1ccccc1Cc1ccc(C(=O)CC(=O)C2(C)CC2)cc1. The Kier molecular flexibility index (Phi) is 4.91. The number of thioether (sulfide) groups is 1. The van der Waals surface area contributed by atoms with E-state index in [2.05, 4.69) is 30.5 Å². The van der Waals surface area contributed by atoms with E-state index in [1.54, 1.807) is 11.8 Å². The molecule has 2 aromatic rings. The van der Waals surface area contributed by atoms with Crippen LogP contribution in [0.1, 0.15) is 47.7 Å². The van der Waals surface area contributed by atoms with Crippen molar-refractivity contribution in [2.45, 2.75) is 37.5 Å². The topological polar surface area (TPSA) is 34.1 Å². The summed E-state index contributed by atoms with van der Waals surface area (Å²) in [4.78, 5) is 25.6. The summed E-state index contributed by atoms with van der Waals surface area (Å²) >= 11 is 1.75. The molecule has 0 spiro atoms. The smallest absolute Gasteiger partial charge is 0.170 e. The van der Waals surface area contributed by atoms with Crippen LogP contribution in [0.5, 0.6) is 0 Å². The minimum absolute atomic E-state index is 0.0329. The van der Waals surface area contributed by atoms with Gasteiger partial charge in [-0.05, 0) is 42.7 Å². The highest BCUT2D eigenvalue weighted by molar-refractivity contribution is 7.98. The molecular formula is C21H22O2S. The molecule has 24 heavy (non-hydrogen) atoms. The van der Waals surface area contributed by atoms with Crippen molar-refractivity contribution in [3.63, 3.8) is 0 Å². The van der Waals surface area contributed by atoms with Crippen LogP contribution in [0.15, 0.2) is 53.4 Å². The van der Waals surface area contributed by atoms with Gasteiger partial charge in [-0.25, -0.2) is 0 Å². The molecule has 1 aliphatic rings. The first-order valence-corrected chi connectivity index (χ1v) is 9.52. The summed E-state index contributed by atoms with van der Waals surface area (Å²) in [5.74, 6) is 0.0228. The Morgan fingerprint density at radius 3 is 2.33 bits per heavy atom. The van der Waals surface area contributed by atoms with Crippen LogP contribution < -0.4 is 0 Å². The third-order valence-electron chi connectivity index (χ3n) is 4.86. The Morgan fingerprint density at radius 1 is 1.04 bits per heavy atom. The van der Waals surface area contributed by atoms with E-state index in [1.165, 1.54) is 16.0 Å². The van der Waals surface area contributed by atoms with Crippen molar-refractivity contribution in [1.82, 2.24) is 0 Å². The first-order valence-electron chi connectivity index (χ1n) is 8.29. The summed E-state index contributed by atoms with van der Waals surface area (Å²) in [6, 6.07) is 16.1. The van der Waals surface area contributed by atoms with Crippen molar-refractivity contribution in [2.75, 3.05) is 6.26 Å². The third-order valence-corrected chi connectivity index (χ3v) is 5.70. The van der Waals surface area contributed by atoms with E-state index in [0.29, 0.717) is 5.56 Å². The molecule has 0 N–H and O–H groups in total. The van der Waals surface area contributed by atoms with E-state index in [1.807, 2.05) is 31.2 Å². The molecule has 3 rings (SSSR count). The summed E-state index contributed by atoms with van der Waals surface area (Å²) in [6.45, 7) is 1.95. The zero-order valence-electron chi connectivity index (χ0n) is 14.2. The zero-order chi connectivity index (χ0) is 17.2. The van der Waals surface area contributed by atoms with Crippen LogP contribution in [0, 0.1) is 5.41 Å². The summed E-state index contributed by atoms with van der Waals surface area (Å²) in [7, 11) is 0. The Balaban J connectivity index is 1.67. The quantitative estimate of drug-likeness (QED) is 0.407. The number of ketones is 2. The summed E-state index contributed by atoms with van der Waals surface area (Å²) in [5, 5.41) is 0. The lowest BCUT2D eigenvalue weighted by Gasteiger charge is -2.09. The number of hydrogen-bond donors (Lipinski definition) is 0. The van der Waals surface area contributed by atoms with Crippen LogP contribution in [0.2, 0.25) is 0 Å². The fourth-order valence-electron chi connectivity index (χ4n) is 2.81. The van der Waals surface area contributed by atoms with Gasteiger partial charge >= 0.3 is 0 Å². The lowest BCUT2D eigenvalue weighted by molar-refractivity contribution is -0.122. The van der Waals surface area contributed by atoms with Gasteiger partial charge in [0.15, 0.2) is 5.78 Å². The Labute approximate surface area is 147 Å². The van der Waals surface area contributed by atoms with Crippen LogP contribution in [-0.4, -0.2) is 17.8 Å². The molecule has 2 nitrogen and oxygen atoms in total. The molecule has 0 saturated heterocycles. The van der Waals surface area contributed by atoms with E-state index in [-0.39, 0.29) is 23.4 Å². The maximum atomic E-state index is 12.3. The van der Waals surface area contributed by atoms with Crippen molar-refractivity contribution in [1.29, 1.82) is 0 Å². The number of rotatable bonds is 7. The first kappa shape index (κ1) is 17.0. The van der Waals surface area contributed by atoms with E-state index in [9.17, 15) is 9.59 Å². The fourth-order valence-corrected chi connectivity index (χ4v) is 3.42. The summed E-state index contributed by atoms with van der Waals surface area (Å²) in [5.41, 5.74) is 2.88. The van der Waals surface area contributed by atoms with E-state index >= 15 is 0 Å². The first-order chi connectivity index (χ1) is 11.5. The van der Waals surface area contributed by atoms with Gasteiger partial charge in [-0.15, -0.1) is 11.8 Å². The number of hydrogen-bond acceptors (Lipinski definition) is 3. The van der Waals surface area contributed by atoms with Gasteiger partial charge in [0.2, 0.25) is 0 Å². The van der Waals surface area contributed by atoms with Crippen LogP contribution in [-0.2, 0) is 11.2 Å². The van der Waals surface area contributed by atoms with Crippen LogP contribution in [0.25, 0.3) is 0 Å². The number of carbonyl (C=O) groups excluding carboxylic acids is 2. The van der Waals surface area contributed by atoms with Crippen LogP contribution in [0.4, 0.5) is 0 Å². The molecule has 0 radical (unpaired) electrons. The van der Waals surface area contributed by atoms with Gasteiger partial charge in [-0.3, -0.25) is 9.59 Å². The predicted octanol–water partition coefficient (Wildman–Crippen LogP) is 4.94. The van der Waals surface area contributed by atoms with Crippen molar-refractivity contribution >= 4 is 23.3 Å². The van der Waals surface area contributed by atoms with Gasteiger partial charge in [-0.2, -0.15) is 0 Å². The summed E-state index contributed by atoms with van der Waals surface area (Å²) < 4.78 is 0. The molecule has 2 aromatic carbocycles. The highest BCUT2D eigenvalue weighted by atomic mass is 32.2. The Bertz CT molecular complexity index is 758. The van der Waals surface area contributed by atoms with Crippen molar-refractivity contribution in [3.05, 3.63) is 65.2 Å². The van der Waals surface area contributed by atoms with Gasteiger partial charge in [-0.1, -0.05) is 49.4 Å². The summed E-state index contributed by atoms with van der Waals surface area (Å²) in [6.07, 6.45) is 4.81. The standard InChI is InChI=1S/C21H22O2S/c1-21(11-12-21)20(23)14-18(22)16-9-7-15(8-10-16)13-17-5-3-4-6-19(17)24-2/h3-10H,11-14H2,1-2H3. The van der Waals surface area contributed by atoms with E-state index in [0.717, 1.165) is 19.3 Å². The second-order valence-electron chi connectivity index (χ2n) is 6.77. The van der Waals surface area contributed by atoms with E-state index in [4.69, 9.17) is 0 Å². The zero-order valence-corrected chi connectivity index (χ0v) is 15.0. The molecule has 124 valence electrons. The van der Waals surface area contributed by atoms with Gasteiger partial charge in [0, 0.05) is 15.9 Å². The van der Waals surface area contributed by atoms with Gasteiger partial charge in [0.05, 0.1) is 6.42 Å². The Hall–Kier alpha value is -1.87. The minimum atomic E-state index is -0.225. The average Bonchev–Trinajstić information content (AvgIpc) is 3.35. The molecule has 0 heterocycles. The molecule has 0 amide bonds. The molecule has 3 heteroatoms. The predicted molar refractivity (Wildman–Crippen MR) is 98.8 cm³/mol. The molecule has 1 aliphatic carbocycles. The van der Waals surface area contributed by atoms with Crippen molar-refractivity contribution in [2.24, 2.45) is 5.41 Å². The number of carbonyl (C=O) groups is 2. The molecule has 0 aromatic heterocycles. The third kappa shape index (κ3) is 3.78. The number of benzene rings is 2. The van der Waals surface area contributed by atoms with Gasteiger partial charge in [0.1, 0.15) is 5.78 Å². The molecule has 1 saturated carbocycles. The van der Waals surface area contributed by atoms with E-state index < -0.39 is 0 Å². The monoisotopic (exact) mass is 338 g/mol. The molecule has 0 unspecified atom stereocenters. The average molecular weight is 338 g/mol. The largest absolute Gasteiger partial charge is 0.299 e. The second kappa shape index (κ2) is 6.94. The molecule has 0 atom stereocenters. The lowest BCUT2D eigenvalue weighted by Crippen LogP contribution is -2.16. The van der Waals surface area contributed by atoms with Gasteiger partial charge < -0.3 is 0 Å². The molecule has 1 fully saturated rings. The number of Topliss-reactive ketones (excluding diaryl/α,β-unsaturated/α-hetero) is 2. The van der Waals surface area contributed by atoms with Gasteiger partial charge in [0.25, 0.3) is 0 Å². The Morgan fingerprint density at radius 2 is 1.71 bits per heavy atom. The fraction of sp³-hybridized carbons (Fsp3) is 0.333. The molecule has 0 aliphatic heterocycles. The lowest BCUT2D eigenvalue weighted by atomic mass is 9.95. The second-order valence-corrected chi connectivity index (χ2v) is 7.62. The maximum absolute atomic E-state index is 12.3. The van der Waals surface area contributed by atoms with Crippen LogP contribution in [0.3, 0.4) is 0 Å². The normalized spacial score (nSPS) is 15.1. The maximum Gasteiger partial charge on any atom is 0.170 e. The highest BCUT2D eigenvalue weighted by Crippen LogP contribution is 2.46. The highest BCUT2D eigenvalue weighted by Gasteiger charge is 2.44. The van der Waals surface area contributed by atoms with Crippen molar-refractivity contribution < 1.29 is 9.59 Å².